The average Bonchev–Trinajstić information content (AvgIpc) is 3.09. The zero-order valence-corrected chi connectivity index (χ0v) is 12.9. The Bertz CT molecular complexity index is 782. The van der Waals surface area contributed by atoms with Gasteiger partial charge in [0.2, 0.25) is 5.91 Å². The molecule has 0 spiro atoms. The van der Waals surface area contributed by atoms with Gasteiger partial charge in [-0.05, 0) is 19.4 Å². The molecule has 0 saturated carbocycles. The van der Waals surface area contributed by atoms with E-state index in [0.29, 0.717) is 16.6 Å². The maximum Gasteiger partial charge on any atom is 0.240 e. The first-order valence-corrected chi connectivity index (χ1v) is 7.54. The Balaban J connectivity index is 1.93. The molecule has 0 saturated heterocycles. The summed E-state index contributed by atoms with van der Waals surface area (Å²) in [5.41, 5.74) is 0.858. The highest BCUT2D eigenvalue weighted by atomic mass is 32.1. The van der Waals surface area contributed by atoms with E-state index < -0.39 is 5.92 Å². The number of hydrogen-bond acceptors (Lipinski definition) is 6. The zero-order valence-electron chi connectivity index (χ0n) is 12.1. The van der Waals surface area contributed by atoms with Crippen molar-refractivity contribution in [2.45, 2.75) is 19.8 Å². The molecule has 112 valence electrons. The third-order valence-electron chi connectivity index (χ3n) is 3.06. The van der Waals surface area contributed by atoms with E-state index in [1.54, 1.807) is 13.0 Å². The minimum Gasteiger partial charge on any atom is -0.360 e. The molecule has 0 unspecified atom stereocenters. The summed E-state index contributed by atoms with van der Waals surface area (Å²) < 4.78 is 4.97. The number of aryl methyl sites for hydroxylation is 2. The molecule has 6 nitrogen and oxygen atoms in total. The van der Waals surface area contributed by atoms with Crippen LogP contribution >= 0.6 is 11.3 Å². The van der Waals surface area contributed by atoms with Crippen molar-refractivity contribution in [1.82, 2.24) is 15.4 Å². The summed E-state index contributed by atoms with van der Waals surface area (Å²) in [6.45, 7) is 3.63. The Morgan fingerprint density at radius 3 is 2.59 bits per heavy atom. The molecular weight excluding hydrogens is 300 g/mol. The number of benzene rings is 1. The van der Waals surface area contributed by atoms with Crippen LogP contribution in [-0.2, 0) is 4.79 Å². The van der Waals surface area contributed by atoms with Crippen molar-refractivity contribution in [2.24, 2.45) is 0 Å². The topological polar surface area (TPSA) is 80.9 Å². The lowest BCUT2D eigenvalue weighted by Gasteiger charge is -2.13. The standard InChI is InChI=1S/C15H14N4O2S/c1-9-8-12(19-21-9)16-14(20)13(11-6-4-3-5-7-11)15-18-17-10(2)22-15/h3-8,13H,1-2H3,(H,16,19,20)/t13-/m1/s1. The first kappa shape index (κ1) is 14.4. The van der Waals surface area contributed by atoms with Gasteiger partial charge in [0, 0.05) is 6.07 Å². The van der Waals surface area contributed by atoms with Crippen LogP contribution in [0, 0.1) is 13.8 Å². The van der Waals surface area contributed by atoms with Crippen LogP contribution < -0.4 is 5.32 Å². The molecule has 0 radical (unpaired) electrons. The average molecular weight is 314 g/mol. The van der Waals surface area contributed by atoms with Gasteiger partial charge < -0.3 is 9.84 Å². The molecule has 22 heavy (non-hydrogen) atoms. The van der Waals surface area contributed by atoms with Gasteiger partial charge >= 0.3 is 0 Å². The number of amides is 1. The van der Waals surface area contributed by atoms with Crippen LogP contribution in [0.2, 0.25) is 0 Å². The summed E-state index contributed by atoms with van der Waals surface area (Å²) in [6.07, 6.45) is 0. The summed E-state index contributed by atoms with van der Waals surface area (Å²) >= 11 is 1.41. The summed E-state index contributed by atoms with van der Waals surface area (Å²) in [5.74, 6) is 0.294. The van der Waals surface area contributed by atoms with E-state index in [1.165, 1.54) is 11.3 Å². The predicted octanol–water partition coefficient (Wildman–Crippen LogP) is 2.91. The van der Waals surface area contributed by atoms with Crippen LogP contribution in [0.3, 0.4) is 0 Å². The maximum atomic E-state index is 12.7. The Kier molecular flexibility index (Phi) is 3.97. The monoisotopic (exact) mass is 314 g/mol. The number of carbonyl (C=O) groups is 1. The maximum absolute atomic E-state index is 12.7. The number of nitrogens with zero attached hydrogens (tertiary/aromatic N) is 3. The van der Waals surface area contributed by atoms with Crippen molar-refractivity contribution in [3.63, 3.8) is 0 Å². The van der Waals surface area contributed by atoms with Crippen LogP contribution in [-0.4, -0.2) is 21.3 Å². The number of anilines is 1. The molecule has 0 aliphatic carbocycles. The zero-order chi connectivity index (χ0) is 15.5. The van der Waals surface area contributed by atoms with Crippen molar-refractivity contribution < 1.29 is 9.32 Å². The van der Waals surface area contributed by atoms with Gasteiger partial charge in [-0.3, -0.25) is 4.79 Å². The summed E-state index contributed by atoms with van der Waals surface area (Å²) in [5, 5.41) is 16.2. The largest absolute Gasteiger partial charge is 0.360 e. The lowest BCUT2D eigenvalue weighted by atomic mass is 9.99. The van der Waals surface area contributed by atoms with Crippen LogP contribution in [0.15, 0.2) is 40.9 Å². The van der Waals surface area contributed by atoms with E-state index >= 15 is 0 Å². The molecule has 0 aliphatic heterocycles. The lowest BCUT2D eigenvalue weighted by Crippen LogP contribution is -2.22. The number of rotatable bonds is 4. The van der Waals surface area contributed by atoms with Gasteiger partial charge in [-0.15, -0.1) is 21.5 Å². The molecule has 0 fully saturated rings. The van der Waals surface area contributed by atoms with Crippen LogP contribution in [0.1, 0.15) is 27.3 Å². The first-order chi connectivity index (χ1) is 10.6. The van der Waals surface area contributed by atoms with E-state index in [0.717, 1.165) is 10.6 Å². The first-order valence-electron chi connectivity index (χ1n) is 6.72. The lowest BCUT2D eigenvalue weighted by molar-refractivity contribution is -0.116. The van der Waals surface area contributed by atoms with Crippen molar-refractivity contribution in [3.05, 3.63) is 57.7 Å². The fraction of sp³-hybridized carbons (Fsp3) is 0.200. The summed E-state index contributed by atoms with van der Waals surface area (Å²) in [7, 11) is 0. The van der Waals surface area contributed by atoms with Gasteiger partial charge in [-0.1, -0.05) is 35.5 Å². The van der Waals surface area contributed by atoms with E-state index in [-0.39, 0.29) is 5.91 Å². The fourth-order valence-electron chi connectivity index (χ4n) is 2.10. The van der Waals surface area contributed by atoms with E-state index in [2.05, 4.69) is 20.7 Å². The van der Waals surface area contributed by atoms with Crippen LogP contribution in [0.5, 0.6) is 0 Å². The molecule has 3 aromatic rings. The van der Waals surface area contributed by atoms with Gasteiger partial charge in [0.25, 0.3) is 0 Å². The molecule has 7 heteroatoms. The van der Waals surface area contributed by atoms with E-state index in [9.17, 15) is 4.79 Å². The smallest absolute Gasteiger partial charge is 0.240 e. The minimum absolute atomic E-state index is 0.212. The van der Waals surface area contributed by atoms with E-state index in [1.807, 2.05) is 37.3 Å². The minimum atomic E-state index is -0.524. The van der Waals surface area contributed by atoms with E-state index in [4.69, 9.17) is 4.52 Å². The molecule has 2 aromatic heterocycles. The van der Waals surface area contributed by atoms with Crippen LogP contribution in [0.25, 0.3) is 0 Å². The van der Waals surface area contributed by atoms with Gasteiger partial charge in [0.1, 0.15) is 21.7 Å². The Morgan fingerprint density at radius 1 is 1.23 bits per heavy atom. The molecule has 2 heterocycles. The Labute approximate surface area is 131 Å². The third-order valence-corrected chi connectivity index (χ3v) is 3.97. The van der Waals surface area contributed by atoms with Crippen molar-refractivity contribution >= 4 is 23.1 Å². The number of carbonyl (C=O) groups excluding carboxylic acids is 1. The number of nitrogens with one attached hydrogen (secondary N) is 1. The SMILES string of the molecule is Cc1cc(NC(=O)[C@@H](c2ccccc2)c2nnc(C)s2)no1. The second-order valence-electron chi connectivity index (χ2n) is 4.82. The Hall–Kier alpha value is -2.54. The predicted molar refractivity (Wildman–Crippen MR) is 82.8 cm³/mol. The highest BCUT2D eigenvalue weighted by Gasteiger charge is 2.27. The second-order valence-corrected chi connectivity index (χ2v) is 6.03. The van der Waals surface area contributed by atoms with Crippen molar-refractivity contribution in [2.75, 3.05) is 5.32 Å². The highest BCUT2D eigenvalue weighted by molar-refractivity contribution is 7.11. The molecule has 1 amide bonds. The fourth-order valence-corrected chi connectivity index (χ4v) is 2.93. The number of hydrogen-bond donors (Lipinski definition) is 1. The second kappa shape index (κ2) is 6.07. The molecule has 0 bridgehead atoms. The third kappa shape index (κ3) is 3.04. The molecule has 1 aromatic carbocycles. The normalized spacial score (nSPS) is 12.1. The molecule has 0 aliphatic rings. The molecule has 1 atom stereocenters. The van der Waals surface area contributed by atoms with Crippen LogP contribution in [0.4, 0.5) is 5.82 Å². The number of aromatic nitrogens is 3. The highest BCUT2D eigenvalue weighted by Crippen LogP contribution is 2.28. The molecule has 3 rings (SSSR count). The Morgan fingerprint density at radius 2 is 2.00 bits per heavy atom. The van der Waals surface area contributed by atoms with Gasteiger partial charge in [-0.25, -0.2) is 0 Å². The van der Waals surface area contributed by atoms with Crippen molar-refractivity contribution in [3.8, 4) is 0 Å². The summed E-state index contributed by atoms with van der Waals surface area (Å²) in [6, 6.07) is 11.2. The van der Waals surface area contributed by atoms with Crippen molar-refractivity contribution in [1.29, 1.82) is 0 Å². The van der Waals surface area contributed by atoms with Gasteiger partial charge in [0.05, 0.1) is 0 Å². The molecular formula is C15H14N4O2S. The van der Waals surface area contributed by atoms with Gasteiger partial charge in [-0.2, -0.15) is 0 Å². The molecule has 1 N–H and O–H groups in total. The quantitative estimate of drug-likeness (QED) is 0.801. The summed E-state index contributed by atoms with van der Waals surface area (Å²) in [4.78, 5) is 12.7. The van der Waals surface area contributed by atoms with Gasteiger partial charge in [0.15, 0.2) is 5.82 Å².